The maximum absolute atomic E-state index is 13.4. The lowest BCUT2D eigenvalue weighted by molar-refractivity contribution is -0.124. The Morgan fingerprint density at radius 3 is 2.52 bits per heavy atom. The van der Waals surface area contributed by atoms with Crippen molar-refractivity contribution in [1.29, 1.82) is 0 Å². The van der Waals surface area contributed by atoms with Crippen molar-refractivity contribution in [3.63, 3.8) is 0 Å². The van der Waals surface area contributed by atoms with Gasteiger partial charge in [0.15, 0.2) is 0 Å². The molecule has 5 heteroatoms. The van der Waals surface area contributed by atoms with Crippen LogP contribution in [0.15, 0.2) is 18.2 Å². The van der Waals surface area contributed by atoms with E-state index in [1.807, 2.05) is 13.8 Å². The third-order valence-corrected chi connectivity index (χ3v) is 3.31. The minimum absolute atomic E-state index is 0.00696. The highest BCUT2D eigenvalue weighted by Gasteiger charge is 2.11. The van der Waals surface area contributed by atoms with Crippen molar-refractivity contribution in [2.45, 2.75) is 33.6 Å². The van der Waals surface area contributed by atoms with Crippen molar-refractivity contribution in [2.24, 2.45) is 5.92 Å². The maximum atomic E-state index is 13.4. The number of halogens is 1. The molecule has 0 aromatic heterocycles. The third-order valence-electron chi connectivity index (χ3n) is 3.31. The molecule has 116 valence electrons. The molecule has 0 heterocycles. The minimum atomic E-state index is -0.399. The molecule has 0 aliphatic rings. The SMILES string of the molecule is CCCC(C)C(=O)NCCNC(=O)c1ccc(C)c(F)c1. The van der Waals surface area contributed by atoms with Gasteiger partial charge in [-0.15, -0.1) is 0 Å². The predicted octanol–water partition coefficient (Wildman–Crippen LogP) is 2.42. The Labute approximate surface area is 125 Å². The molecule has 21 heavy (non-hydrogen) atoms. The van der Waals surface area contributed by atoms with E-state index in [1.54, 1.807) is 19.1 Å². The highest BCUT2D eigenvalue weighted by atomic mass is 19.1. The summed E-state index contributed by atoms with van der Waals surface area (Å²) < 4.78 is 13.4. The number of amides is 2. The zero-order valence-corrected chi connectivity index (χ0v) is 12.8. The topological polar surface area (TPSA) is 58.2 Å². The zero-order chi connectivity index (χ0) is 15.8. The van der Waals surface area contributed by atoms with E-state index in [0.29, 0.717) is 18.7 Å². The summed E-state index contributed by atoms with van der Waals surface area (Å²) in [4.78, 5) is 23.5. The Balaban J connectivity index is 2.34. The lowest BCUT2D eigenvalue weighted by Crippen LogP contribution is -2.37. The maximum Gasteiger partial charge on any atom is 0.251 e. The van der Waals surface area contributed by atoms with Gasteiger partial charge in [-0.25, -0.2) is 4.39 Å². The van der Waals surface area contributed by atoms with E-state index in [1.165, 1.54) is 6.07 Å². The van der Waals surface area contributed by atoms with Crippen LogP contribution in [0.3, 0.4) is 0 Å². The number of hydrogen-bond donors (Lipinski definition) is 2. The van der Waals surface area contributed by atoms with Crippen molar-refractivity contribution >= 4 is 11.8 Å². The van der Waals surface area contributed by atoms with Gasteiger partial charge in [0.05, 0.1) is 0 Å². The van der Waals surface area contributed by atoms with E-state index in [0.717, 1.165) is 12.8 Å². The molecule has 0 fully saturated rings. The molecule has 0 saturated carbocycles. The molecule has 4 nitrogen and oxygen atoms in total. The normalized spacial score (nSPS) is 11.8. The summed E-state index contributed by atoms with van der Waals surface area (Å²) in [7, 11) is 0. The average molecular weight is 294 g/mol. The Kier molecular flexibility index (Phi) is 6.85. The summed E-state index contributed by atoms with van der Waals surface area (Å²) in [6.07, 6.45) is 1.81. The van der Waals surface area contributed by atoms with Gasteiger partial charge in [-0.2, -0.15) is 0 Å². The molecule has 2 amide bonds. The first-order chi connectivity index (χ1) is 9.95. The van der Waals surface area contributed by atoms with E-state index in [-0.39, 0.29) is 23.3 Å². The van der Waals surface area contributed by atoms with E-state index < -0.39 is 5.82 Å². The number of carbonyl (C=O) groups excluding carboxylic acids is 2. The largest absolute Gasteiger partial charge is 0.354 e. The van der Waals surface area contributed by atoms with E-state index in [2.05, 4.69) is 10.6 Å². The van der Waals surface area contributed by atoms with Crippen LogP contribution in [-0.2, 0) is 4.79 Å². The van der Waals surface area contributed by atoms with Crippen molar-refractivity contribution in [1.82, 2.24) is 10.6 Å². The molecular formula is C16H23FN2O2. The second-order valence-electron chi connectivity index (χ2n) is 5.20. The summed E-state index contributed by atoms with van der Waals surface area (Å²) >= 11 is 0. The molecule has 2 N–H and O–H groups in total. The van der Waals surface area contributed by atoms with Gasteiger partial charge in [-0.05, 0) is 31.0 Å². The Morgan fingerprint density at radius 2 is 1.90 bits per heavy atom. The highest BCUT2D eigenvalue weighted by molar-refractivity contribution is 5.94. The van der Waals surface area contributed by atoms with Crippen LogP contribution in [-0.4, -0.2) is 24.9 Å². The number of carbonyl (C=O) groups is 2. The molecule has 0 spiro atoms. The molecule has 1 aromatic carbocycles. The van der Waals surface area contributed by atoms with Gasteiger partial charge in [0, 0.05) is 24.6 Å². The van der Waals surface area contributed by atoms with Gasteiger partial charge < -0.3 is 10.6 Å². The second-order valence-corrected chi connectivity index (χ2v) is 5.20. The fourth-order valence-corrected chi connectivity index (χ4v) is 1.94. The number of hydrogen-bond acceptors (Lipinski definition) is 2. The van der Waals surface area contributed by atoms with Gasteiger partial charge in [0.25, 0.3) is 5.91 Å². The Morgan fingerprint density at radius 1 is 1.24 bits per heavy atom. The number of rotatable bonds is 7. The molecule has 0 radical (unpaired) electrons. The molecule has 0 aliphatic heterocycles. The van der Waals surface area contributed by atoms with E-state index >= 15 is 0 Å². The quantitative estimate of drug-likeness (QED) is 0.759. The van der Waals surface area contributed by atoms with E-state index in [4.69, 9.17) is 0 Å². The fraction of sp³-hybridized carbons (Fsp3) is 0.500. The van der Waals surface area contributed by atoms with Crippen LogP contribution in [0.2, 0.25) is 0 Å². The van der Waals surface area contributed by atoms with Gasteiger partial charge in [-0.3, -0.25) is 9.59 Å². The van der Waals surface area contributed by atoms with Crippen LogP contribution in [0, 0.1) is 18.7 Å². The van der Waals surface area contributed by atoms with Gasteiger partial charge in [0.1, 0.15) is 5.82 Å². The summed E-state index contributed by atoms with van der Waals surface area (Å²) in [5.74, 6) is -0.765. The first kappa shape index (κ1) is 17.1. The van der Waals surface area contributed by atoms with Crippen LogP contribution in [0.5, 0.6) is 0 Å². The van der Waals surface area contributed by atoms with Crippen LogP contribution in [0.4, 0.5) is 4.39 Å². The van der Waals surface area contributed by atoms with Crippen molar-refractivity contribution in [2.75, 3.05) is 13.1 Å². The van der Waals surface area contributed by atoms with Crippen molar-refractivity contribution < 1.29 is 14.0 Å². The first-order valence-corrected chi connectivity index (χ1v) is 7.27. The lowest BCUT2D eigenvalue weighted by atomic mass is 10.1. The standard InChI is InChI=1S/C16H23FN2O2/c1-4-5-12(3)15(20)18-8-9-19-16(21)13-7-6-11(2)14(17)10-13/h6-7,10,12H,4-5,8-9H2,1-3H3,(H,18,20)(H,19,21). The fourth-order valence-electron chi connectivity index (χ4n) is 1.94. The third kappa shape index (κ3) is 5.53. The van der Waals surface area contributed by atoms with Crippen molar-refractivity contribution in [3.8, 4) is 0 Å². The Hall–Kier alpha value is -1.91. The molecule has 0 aliphatic carbocycles. The molecule has 0 saturated heterocycles. The lowest BCUT2D eigenvalue weighted by Gasteiger charge is -2.11. The van der Waals surface area contributed by atoms with Crippen molar-refractivity contribution in [3.05, 3.63) is 35.1 Å². The number of benzene rings is 1. The summed E-state index contributed by atoms with van der Waals surface area (Å²) in [6, 6.07) is 4.36. The van der Waals surface area contributed by atoms with Gasteiger partial charge in [0.2, 0.25) is 5.91 Å². The summed E-state index contributed by atoms with van der Waals surface area (Å²) in [5.41, 5.74) is 0.785. The Bertz CT molecular complexity index is 503. The molecule has 1 unspecified atom stereocenters. The summed E-state index contributed by atoms with van der Waals surface area (Å²) in [6.45, 7) is 6.24. The molecule has 0 bridgehead atoms. The highest BCUT2D eigenvalue weighted by Crippen LogP contribution is 2.08. The van der Waals surface area contributed by atoms with Crippen LogP contribution in [0.25, 0.3) is 0 Å². The average Bonchev–Trinajstić information content (AvgIpc) is 2.46. The van der Waals surface area contributed by atoms with Crippen LogP contribution >= 0.6 is 0 Å². The second kappa shape index (κ2) is 8.39. The molecule has 1 atom stereocenters. The number of aryl methyl sites for hydroxylation is 1. The van der Waals surface area contributed by atoms with Gasteiger partial charge >= 0.3 is 0 Å². The minimum Gasteiger partial charge on any atom is -0.354 e. The predicted molar refractivity (Wildman–Crippen MR) is 80.6 cm³/mol. The van der Waals surface area contributed by atoms with Crippen LogP contribution in [0.1, 0.15) is 42.6 Å². The monoisotopic (exact) mass is 294 g/mol. The first-order valence-electron chi connectivity index (χ1n) is 7.27. The molecular weight excluding hydrogens is 271 g/mol. The van der Waals surface area contributed by atoms with Gasteiger partial charge in [-0.1, -0.05) is 26.3 Å². The molecule has 1 aromatic rings. The zero-order valence-electron chi connectivity index (χ0n) is 12.8. The van der Waals surface area contributed by atoms with Crippen LogP contribution < -0.4 is 10.6 Å². The number of nitrogens with one attached hydrogen (secondary N) is 2. The molecule has 1 rings (SSSR count). The van der Waals surface area contributed by atoms with E-state index in [9.17, 15) is 14.0 Å². The summed E-state index contributed by atoms with van der Waals surface area (Å²) in [5, 5.41) is 5.42. The smallest absolute Gasteiger partial charge is 0.251 e.